The molecule has 10 aromatic rings. The summed E-state index contributed by atoms with van der Waals surface area (Å²) < 4.78 is 14.9. The van der Waals surface area contributed by atoms with E-state index in [2.05, 4.69) is 129 Å². The topological polar surface area (TPSA) is 60.2 Å². The van der Waals surface area contributed by atoms with Gasteiger partial charge in [0.15, 0.2) is 11.2 Å². The van der Waals surface area contributed by atoms with Crippen LogP contribution in [0.25, 0.3) is 71.6 Å². The number of nitrogens with zero attached hydrogens (tertiary/aromatic N) is 4. The summed E-state index contributed by atoms with van der Waals surface area (Å²) in [5.41, 5.74) is 11.1. The molecule has 46 heavy (non-hydrogen) atoms. The Morgan fingerprint density at radius 2 is 0.978 bits per heavy atom. The second-order valence-corrected chi connectivity index (χ2v) is 11.5. The van der Waals surface area contributed by atoms with Crippen LogP contribution in [0.2, 0.25) is 0 Å². The Kier molecular flexibility index (Phi) is 5.19. The van der Waals surface area contributed by atoms with Crippen molar-refractivity contribution in [2.75, 3.05) is 4.90 Å². The number of aromatic nitrogens is 3. The molecule has 0 aliphatic heterocycles. The molecule has 0 fully saturated rings. The molecule has 5 heterocycles. The van der Waals surface area contributed by atoms with Gasteiger partial charge in [-0.05, 0) is 78.9 Å². The maximum absolute atomic E-state index is 6.28. The molecule has 5 aromatic carbocycles. The number of pyridine rings is 2. The molecular weight excluding hydrogens is 568 g/mol. The van der Waals surface area contributed by atoms with Crippen LogP contribution in [0.4, 0.5) is 17.1 Å². The van der Waals surface area contributed by atoms with Crippen molar-refractivity contribution < 1.29 is 8.83 Å². The van der Waals surface area contributed by atoms with Gasteiger partial charge in [0.2, 0.25) is 0 Å². The van der Waals surface area contributed by atoms with Crippen molar-refractivity contribution >= 4 is 83.0 Å². The summed E-state index contributed by atoms with van der Waals surface area (Å²) in [5, 5.41) is 4.43. The van der Waals surface area contributed by atoms with Gasteiger partial charge in [0.1, 0.15) is 22.2 Å². The standard InChI is InChI=1S/C40H24N4O2/c1-3-12-33-29(10-1)30-11-2-4-13-34(30)44(33)26-9-5-8-25(22-26)43(27-16-18-31-37(23-27)45-35-14-6-20-41-39(31)35)28-17-19-32-38(24-28)46-36-15-7-21-42-40(32)36/h1-24H. The van der Waals surface area contributed by atoms with Crippen LogP contribution in [-0.4, -0.2) is 14.5 Å². The van der Waals surface area contributed by atoms with Crippen LogP contribution in [0, 0.1) is 0 Å². The summed E-state index contributed by atoms with van der Waals surface area (Å²) in [6, 6.07) is 46.2. The van der Waals surface area contributed by atoms with E-state index >= 15 is 0 Å². The molecular formula is C40H24N4O2. The zero-order valence-electron chi connectivity index (χ0n) is 24.5. The maximum atomic E-state index is 6.28. The first-order chi connectivity index (χ1) is 22.8. The van der Waals surface area contributed by atoms with Crippen LogP contribution in [0.1, 0.15) is 0 Å². The van der Waals surface area contributed by atoms with Gasteiger partial charge in [0.05, 0.1) is 11.0 Å². The molecule has 0 N–H and O–H groups in total. The molecule has 0 aliphatic rings. The zero-order chi connectivity index (χ0) is 30.2. The number of para-hydroxylation sites is 2. The normalized spacial score (nSPS) is 11.9. The number of benzene rings is 5. The fourth-order valence-electron chi connectivity index (χ4n) is 6.87. The summed E-state index contributed by atoms with van der Waals surface area (Å²) in [4.78, 5) is 11.4. The number of anilines is 3. The smallest absolute Gasteiger partial charge is 0.153 e. The van der Waals surface area contributed by atoms with Gasteiger partial charge in [0, 0.05) is 68.8 Å². The van der Waals surface area contributed by atoms with Gasteiger partial charge >= 0.3 is 0 Å². The van der Waals surface area contributed by atoms with Gasteiger partial charge in [-0.2, -0.15) is 0 Å². The highest BCUT2D eigenvalue weighted by molar-refractivity contribution is 6.09. The molecule has 0 bridgehead atoms. The highest BCUT2D eigenvalue weighted by Gasteiger charge is 2.19. The largest absolute Gasteiger partial charge is 0.454 e. The van der Waals surface area contributed by atoms with E-state index in [-0.39, 0.29) is 0 Å². The fraction of sp³-hybridized carbons (Fsp3) is 0. The number of rotatable bonds is 4. The molecule has 0 unspecified atom stereocenters. The van der Waals surface area contributed by atoms with Crippen molar-refractivity contribution in [1.82, 2.24) is 14.5 Å². The number of fused-ring (bicyclic) bond motifs is 9. The van der Waals surface area contributed by atoms with Gasteiger partial charge < -0.3 is 18.3 Å². The van der Waals surface area contributed by atoms with Crippen molar-refractivity contribution in [3.05, 3.63) is 146 Å². The quantitative estimate of drug-likeness (QED) is 0.203. The number of furan rings is 2. The van der Waals surface area contributed by atoms with E-state index in [0.29, 0.717) is 0 Å². The van der Waals surface area contributed by atoms with Crippen LogP contribution < -0.4 is 4.90 Å². The van der Waals surface area contributed by atoms with Gasteiger partial charge in [-0.25, -0.2) is 0 Å². The van der Waals surface area contributed by atoms with Crippen LogP contribution >= 0.6 is 0 Å². The van der Waals surface area contributed by atoms with E-state index in [0.717, 1.165) is 66.9 Å². The van der Waals surface area contributed by atoms with Crippen LogP contribution in [0.15, 0.2) is 155 Å². The molecule has 0 amide bonds. The lowest BCUT2D eigenvalue weighted by Gasteiger charge is -2.26. The van der Waals surface area contributed by atoms with Gasteiger partial charge in [0.25, 0.3) is 0 Å². The van der Waals surface area contributed by atoms with E-state index < -0.39 is 0 Å². The molecule has 0 atom stereocenters. The van der Waals surface area contributed by atoms with Gasteiger partial charge in [-0.3, -0.25) is 9.97 Å². The van der Waals surface area contributed by atoms with Crippen LogP contribution in [0.5, 0.6) is 0 Å². The van der Waals surface area contributed by atoms with Crippen molar-refractivity contribution in [1.29, 1.82) is 0 Å². The Balaban J connectivity index is 1.21. The predicted octanol–water partition coefficient (Wildman–Crippen LogP) is 10.8. The lowest BCUT2D eigenvalue weighted by Crippen LogP contribution is -2.10. The van der Waals surface area contributed by atoms with Crippen molar-refractivity contribution in [3.8, 4) is 5.69 Å². The molecule has 216 valence electrons. The minimum atomic E-state index is 0.769. The van der Waals surface area contributed by atoms with Crippen molar-refractivity contribution in [2.45, 2.75) is 0 Å². The minimum Gasteiger partial charge on any atom is -0.454 e. The molecule has 10 rings (SSSR count). The van der Waals surface area contributed by atoms with Crippen molar-refractivity contribution in [3.63, 3.8) is 0 Å². The molecule has 5 aromatic heterocycles. The first-order valence-corrected chi connectivity index (χ1v) is 15.2. The monoisotopic (exact) mass is 592 g/mol. The fourth-order valence-corrected chi connectivity index (χ4v) is 6.87. The Labute approximate surface area is 262 Å². The van der Waals surface area contributed by atoms with Crippen LogP contribution in [0.3, 0.4) is 0 Å². The molecule has 6 heteroatoms. The maximum Gasteiger partial charge on any atom is 0.153 e. The molecule has 6 nitrogen and oxygen atoms in total. The minimum absolute atomic E-state index is 0.769. The average Bonchev–Trinajstić information content (AvgIpc) is 3.77. The Morgan fingerprint density at radius 1 is 0.435 bits per heavy atom. The highest BCUT2D eigenvalue weighted by atomic mass is 16.3. The zero-order valence-corrected chi connectivity index (χ0v) is 24.5. The Hall–Kier alpha value is -6.40. The summed E-state index contributed by atoms with van der Waals surface area (Å²) in [5.74, 6) is 0. The number of hydrogen-bond donors (Lipinski definition) is 0. The van der Waals surface area contributed by atoms with Gasteiger partial charge in [-0.15, -0.1) is 0 Å². The molecule has 0 radical (unpaired) electrons. The Bertz CT molecular complexity index is 2620. The summed E-state index contributed by atoms with van der Waals surface area (Å²) in [6.45, 7) is 0. The SMILES string of the molecule is c1cc(N(c2ccc3c(c2)oc2cccnc23)c2ccc3c(c2)oc2cccnc23)cc(-n2c3ccccc3c3ccccc32)c1. The lowest BCUT2D eigenvalue weighted by molar-refractivity contribution is 0.668. The average molecular weight is 593 g/mol. The molecule has 0 saturated carbocycles. The summed E-state index contributed by atoms with van der Waals surface area (Å²) in [6.07, 6.45) is 3.60. The van der Waals surface area contributed by atoms with E-state index in [1.165, 1.54) is 21.8 Å². The van der Waals surface area contributed by atoms with E-state index in [1.54, 1.807) is 12.4 Å². The third-order valence-electron chi connectivity index (χ3n) is 8.86. The molecule has 0 saturated heterocycles. The van der Waals surface area contributed by atoms with E-state index in [9.17, 15) is 0 Å². The third-order valence-corrected chi connectivity index (χ3v) is 8.86. The second kappa shape index (κ2) is 9.55. The van der Waals surface area contributed by atoms with E-state index in [1.807, 2.05) is 24.3 Å². The van der Waals surface area contributed by atoms with Crippen LogP contribution in [-0.2, 0) is 0 Å². The van der Waals surface area contributed by atoms with E-state index in [4.69, 9.17) is 8.83 Å². The third kappa shape index (κ3) is 3.64. The second-order valence-electron chi connectivity index (χ2n) is 11.5. The van der Waals surface area contributed by atoms with Gasteiger partial charge in [-0.1, -0.05) is 42.5 Å². The highest BCUT2D eigenvalue weighted by Crippen LogP contribution is 2.41. The lowest BCUT2D eigenvalue weighted by atomic mass is 10.1. The molecule has 0 aliphatic carbocycles. The first kappa shape index (κ1) is 25.0. The number of hydrogen-bond acceptors (Lipinski definition) is 5. The Morgan fingerprint density at radius 3 is 1.57 bits per heavy atom. The summed E-state index contributed by atoms with van der Waals surface area (Å²) >= 11 is 0. The molecule has 0 spiro atoms. The summed E-state index contributed by atoms with van der Waals surface area (Å²) in [7, 11) is 0. The first-order valence-electron chi connectivity index (χ1n) is 15.2. The van der Waals surface area contributed by atoms with Crippen molar-refractivity contribution in [2.24, 2.45) is 0 Å². The predicted molar refractivity (Wildman–Crippen MR) is 186 cm³/mol.